The topological polar surface area (TPSA) is 88.1 Å². The Morgan fingerprint density at radius 1 is 1.03 bits per heavy atom. The zero-order valence-electron chi connectivity index (χ0n) is 17.7. The van der Waals surface area contributed by atoms with E-state index in [4.69, 9.17) is 9.57 Å². The zero-order valence-corrected chi connectivity index (χ0v) is 17.7. The minimum absolute atomic E-state index is 0.00947. The number of benzene rings is 2. The summed E-state index contributed by atoms with van der Waals surface area (Å²) in [5, 5.41) is 10.5. The second-order valence-electron chi connectivity index (χ2n) is 7.90. The van der Waals surface area contributed by atoms with Crippen LogP contribution in [0, 0.1) is 0 Å². The van der Waals surface area contributed by atoms with E-state index in [1.807, 2.05) is 48.5 Å². The van der Waals surface area contributed by atoms with Gasteiger partial charge in [0, 0.05) is 13.0 Å². The smallest absolute Gasteiger partial charge is 0.410 e. The molecule has 0 saturated carbocycles. The molecular weight excluding hydrogens is 384 g/mol. The molecule has 0 aliphatic heterocycles. The third-order valence-corrected chi connectivity index (χ3v) is 4.11. The molecule has 0 heterocycles. The number of ether oxygens (including phenoxy) is 1. The Hall–Kier alpha value is -2.90. The molecule has 162 valence electrons. The van der Waals surface area contributed by atoms with Gasteiger partial charge in [0.1, 0.15) is 5.60 Å². The van der Waals surface area contributed by atoms with Crippen LogP contribution in [0.15, 0.2) is 60.7 Å². The summed E-state index contributed by atoms with van der Waals surface area (Å²) in [6.07, 6.45) is -1.47. The number of aliphatic hydroxyl groups is 1. The van der Waals surface area contributed by atoms with Crippen LogP contribution in [-0.2, 0) is 21.0 Å². The maximum absolute atomic E-state index is 12.6. The Labute approximate surface area is 177 Å². The van der Waals surface area contributed by atoms with Crippen molar-refractivity contribution in [3.05, 3.63) is 71.8 Å². The number of aliphatic hydroxyl groups excluding tert-OH is 1. The van der Waals surface area contributed by atoms with Crippen molar-refractivity contribution in [2.24, 2.45) is 0 Å². The lowest BCUT2D eigenvalue weighted by Crippen LogP contribution is -2.41. The van der Waals surface area contributed by atoms with Crippen molar-refractivity contribution in [1.82, 2.24) is 10.4 Å². The highest BCUT2D eigenvalue weighted by Gasteiger charge is 2.25. The number of hydrogen-bond acceptors (Lipinski definition) is 5. The van der Waals surface area contributed by atoms with E-state index < -0.39 is 17.8 Å². The van der Waals surface area contributed by atoms with Gasteiger partial charge in [-0.3, -0.25) is 9.63 Å². The normalized spacial score (nSPS) is 12.1. The van der Waals surface area contributed by atoms with Gasteiger partial charge in [-0.15, -0.1) is 0 Å². The molecule has 0 spiro atoms. The number of rotatable bonds is 9. The van der Waals surface area contributed by atoms with Crippen LogP contribution in [0.2, 0.25) is 0 Å². The number of carbonyl (C=O) groups is 2. The van der Waals surface area contributed by atoms with E-state index in [1.165, 1.54) is 4.90 Å². The first kappa shape index (κ1) is 23.4. The minimum atomic E-state index is -0.892. The lowest BCUT2D eigenvalue weighted by molar-refractivity contribution is -0.134. The molecule has 1 unspecified atom stereocenters. The highest BCUT2D eigenvalue weighted by molar-refractivity contribution is 5.76. The molecule has 2 aromatic carbocycles. The fourth-order valence-corrected chi connectivity index (χ4v) is 2.63. The number of carbonyl (C=O) groups excluding carboxylic acids is 2. The van der Waals surface area contributed by atoms with Gasteiger partial charge < -0.3 is 14.7 Å². The maximum atomic E-state index is 12.6. The maximum Gasteiger partial charge on any atom is 0.410 e. The summed E-state index contributed by atoms with van der Waals surface area (Å²) in [5.41, 5.74) is 3.30. The van der Waals surface area contributed by atoms with E-state index >= 15 is 0 Å². The van der Waals surface area contributed by atoms with Crippen molar-refractivity contribution in [3.8, 4) is 0 Å². The van der Waals surface area contributed by atoms with Gasteiger partial charge in [0.15, 0.2) is 0 Å². The van der Waals surface area contributed by atoms with Gasteiger partial charge in [-0.2, -0.15) is 0 Å². The Balaban J connectivity index is 1.89. The van der Waals surface area contributed by atoms with Gasteiger partial charge >= 0.3 is 6.09 Å². The molecule has 0 fully saturated rings. The first-order valence-electron chi connectivity index (χ1n) is 9.90. The van der Waals surface area contributed by atoms with Crippen LogP contribution in [-0.4, -0.2) is 40.7 Å². The Morgan fingerprint density at radius 2 is 1.63 bits per heavy atom. The first-order chi connectivity index (χ1) is 14.2. The Morgan fingerprint density at radius 3 is 2.23 bits per heavy atom. The lowest BCUT2D eigenvalue weighted by atomic mass is 10.1. The van der Waals surface area contributed by atoms with Crippen molar-refractivity contribution in [2.45, 2.75) is 45.5 Å². The fraction of sp³-hybridized carbons (Fsp3) is 0.391. The number of nitrogens with zero attached hydrogens (tertiary/aromatic N) is 1. The summed E-state index contributed by atoms with van der Waals surface area (Å²) in [7, 11) is 0. The molecule has 0 saturated heterocycles. The SMILES string of the molecule is CC(C)(C)OC(=O)N(CCC(=O)NOCc1ccccc1)CC(O)c1ccccc1. The summed E-state index contributed by atoms with van der Waals surface area (Å²) < 4.78 is 5.42. The van der Waals surface area contributed by atoms with E-state index in [-0.39, 0.29) is 32.0 Å². The van der Waals surface area contributed by atoms with Crippen LogP contribution in [0.4, 0.5) is 4.79 Å². The average molecular weight is 415 g/mol. The molecule has 30 heavy (non-hydrogen) atoms. The number of nitrogens with one attached hydrogen (secondary N) is 1. The van der Waals surface area contributed by atoms with Crippen LogP contribution < -0.4 is 5.48 Å². The summed E-state index contributed by atoms with van der Waals surface area (Å²) in [6.45, 7) is 5.63. The fourth-order valence-electron chi connectivity index (χ4n) is 2.63. The predicted octanol–water partition coefficient (Wildman–Crippen LogP) is 3.60. The molecular formula is C23H30N2O5. The van der Waals surface area contributed by atoms with Crippen LogP contribution in [0.1, 0.15) is 44.4 Å². The average Bonchev–Trinajstić information content (AvgIpc) is 2.71. The third-order valence-electron chi connectivity index (χ3n) is 4.11. The molecule has 0 bridgehead atoms. The first-order valence-corrected chi connectivity index (χ1v) is 9.90. The molecule has 1 atom stereocenters. The molecule has 0 aromatic heterocycles. The highest BCUT2D eigenvalue weighted by Crippen LogP contribution is 2.17. The predicted molar refractivity (Wildman–Crippen MR) is 113 cm³/mol. The minimum Gasteiger partial charge on any atom is -0.444 e. The van der Waals surface area contributed by atoms with E-state index in [2.05, 4.69) is 5.48 Å². The molecule has 2 rings (SSSR count). The second-order valence-corrected chi connectivity index (χ2v) is 7.90. The number of hydroxylamine groups is 1. The van der Waals surface area contributed by atoms with E-state index in [0.717, 1.165) is 5.56 Å². The van der Waals surface area contributed by atoms with Crippen molar-refractivity contribution < 1.29 is 24.3 Å². The largest absolute Gasteiger partial charge is 0.444 e. The Bertz CT molecular complexity index is 790. The van der Waals surface area contributed by atoms with Crippen molar-refractivity contribution in [1.29, 1.82) is 0 Å². The quantitative estimate of drug-likeness (QED) is 0.612. The van der Waals surface area contributed by atoms with Crippen molar-refractivity contribution in [3.63, 3.8) is 0 Å². The van der Waals surface area contributed by atoms with Gasteiger partial charge in [-0.05, 0) is 31.9 Å². The van der Waals surface area contributed by atoms with E-state index in [9.17, 15) is 14.7 Å². The van der Waals surface area contributed by atoms with Crippen LogP contribution in [0.5, 0.6) is 0 Å². The van der Waals surface area contributed by atoms with Gasteiger partial charge in [-0.25, -0.2) is 10.3 Å². The van der Waals surface area contributed by atoms with Crippen LogP contribution >= 0.6 is 0 Å². The number of hydrogen-bond donors (Lipinski definition) is 2. The molecule has 0 aliphatic carbocycles. The van der Waals surface area contributed by atoms with Gasteiger partial charge in [0.05, 0.1) is 19.3 Å². The summed E-state index contributed by atoms with van der Waals surface area (Å²) in [5.74, 6) is -0.367. The molecule has 7 heteroatoms. The van der Waals surface area contributed by atoms with Crippen LogP contribution in [0.3, 0.4) is 0 Å². The zero-order chi connectivity index (χ0) is 22.0. The molecule has 2 aromatic rings. The lowest BCUT2D eigenvalue weighted by Gasteiger charge is -2.29. The molecule has 2 N–H and O–H groups in total. The molecule has 0 radical (unpaired) electrons. The van der Waals surface area contributed by atoms with Gasteiger partial charge in [0.2, 0.25) is 5.91 Å². The second kappa shape index (κ2) is 11.3. The highest BCUT2D eigenvalue weighted by atomic mass is 16.6. The Kier molecular flexibility index (Phi) is 8.83. The van der Waals surface area contributed by atoms with Crippen molar-refractivity contribution in [2.75, 3.05) is 13.1 Å². The summed E-state index contributed by atoms with van der Waals surface area (Å²) in [4.78, 5) is 31.2. The van der Waals surface area contributed by atoms with Gasteiger partial charge in [-0.1, -0.05) is 60.7 Å². The van der Waals surface area contributed by atoms with E-state index in [1.54, 1.807) is 32.9 Å². The summed E-state index contributed by atoms with van der Waals surface area (Å²) in [6, 6.07) is 18.5. The molecule has 0 aliphatic rings. The monoisotopic (exact) mass is 414 g/mol. The molecule has 7 nitrogen and oxygen atoms in total. The van der Waals surface area contributed by atoms with Crippen molar-refractivity contribution >= 4 is 12.0 Å². The van der Waals surface area contributed by atoms with Gasteiger partial charge in [0.25, 0.3) is 0 Å². The summed E-state index contributed by atoms with van der Waals surface area (Å²) >= 11 is 0. The van der Waals surface area contributed by atoms with Crippen LogP contribution in [0.25, 0.3) is 0 Å². The standard InChI is InChI=1S/C23H30N2O5/c1-23(2,3)30-22(28)25(16-20(26)19-12-8-5-9-13-19)15-14-21(27)24-29-17-18-10-6-4-7-11-18/h4-13,20,26H,14-17H2,1-3H3,(H,24,27). The number of amides is 2. The third kappa shape index (κ3) is 8.63. The molecule has 2 amide bonds. The van der Waals surface area contributed by atoms with E-state index in [0.29, 0.717) is 5.56 Å².